The van der Waals surface area contributed by atoms with Crippen molar-refractivity contribution in [2.24, 2.45) is 5.92 Å². The van der Waals surface area contributed by atoms with E-state index in [4.69, 9.17) is 4.74 Å². The van der Waals surface area contributed by atoms with Crippen molar-refractivity contribution in [1.29, 1.82) is 0 Å². The van der Waals surface area contributed by atoms with Crippen LogP contribution in [0, 0.1) is 5.92 Å². The predicted molar refractivity (Wildman–Crippen MR) is 71.4 cm³/mol. The van der Waals surface area contributed by atoms with E-state index in [1.54, 1.807) is 0 Å². The third-order valence-electron chi connectivity index (χ3n) is 4.14. The van der Waals surface area contributed by atoms with Crippen LogP contribution in [0.3, 0.4) is 0 Å². The van der Waals surface area contributed by atoms with Crippen LogP contribution >= 0.6 is 0 Å². The Morgan fingerprint density at radius 3 is 2.94 bits per heavy atom. The monoisotopic (exact) mass is 254 g/mol. The van der Waals surface area contributed by atoms with Gasteiger partial charge in [0.25, 0.3) is 0 Å². The lowest BCUT2D eigenvalue weighted by Gasteiger charge is -2.29. The molecule has 1 amide bonds. The van der Waals surface area contributed by atoms with Gasteiger partial charge in [0.15, 0.2) is 0 Å². The number of carbonyl (C=O) groups excluding carboxylic acids is 1. The Labute approximate surface area is 110 Å². The molecule has 104 valence electrons. The van der Waals surface area contributed by atoms with Crippen LogP contribution in [-0.4, -0.2) is 37.7 Å². The smallest absolute Gasteiger partial charge is 0.224 e. The van der Waals surface area contributed by atoms with Gasteiger partial charge in [-0.05, 0) is 52.0 Å². The maximum absolute atomic E-state index is 12.1. The van der Waals surface area contributed by atoms with Crippen LogP contribution in [0.2, 0.25) is 0 Å². The molecule has 3 unspecified atom stereocenters. The van der Waals surface area contributed by atoms with E-state index >= 15 is 0 Å². The molecule has 0 radical (unpaired) electrons. The highest BCUT2D eigenvalue weighted by Crippen LogP contribution is 2.17. The lowest BCUT2D eigenvalue weighted by Crippen LogP contribution is -2.47. The summed E-state index contributed by atoms with van der Waals surface area (Å²) in [6.07, 6.45) is 7.04. The third-order valence-corrected chi connectivity index (χ3v) is 4.14. The Morgan fingerprint density at radius 2 is 2.22 bits per heavy atom. The lowest BCUT2D eigenvalue weighted by atomic mass is 9.91. The molecule has 0 bridgehead atoms. The molecule has 4 nitrogen and oxygen atoms in total. The highest BCUT2D eigenvalue weighted by molar-refractivity contribution is 5.79. The Hall–Kier alpha value is -0.610. The summed E-state index contributed by atoms with van der Waals surface area (Å²) in [7, 11) is 0. The molecule has 0 aromatic heterocycles. The van der Waals surface area contributed by atoms with Gasteiger partial charge < -0.3 is 15.4 Å². The van der Waals surface area contributed by atoms with Crippen molar-refractivity contribution in [3.05, 3.63) is 0 Å². The number of ether oxygens (including phenoxy) is 1. The summed E-state index contributed by atoms with van der Waals surface area (Å²) in [5.41, 5.74) is 0. The van der Waals surface area contributed by atoms with Gasteiger partial charge in [0.2, 0.25) is 5.91 Å². The fraction of sp³-hybridized carbons (Fsp3) is 0.929. The van der Waals surface area contributed by atoms with E-state index in [9.17, 15) is 4.79 Å². The number of hydrogen-bond donors (Lipinski definition) is 2. The first-order chi connectivity index (χ1) is 8.77. The highest BCUT2D eigenvalue weighted by Gasteiger charge is 2.27. The van der Waals surface area contributed by atoms with Crippen LogP contribution in [-0.2, 0) is 9.53 Å². The molecule has 2 aliphatic rings. The van der Waals surface area contributed by atoms with Gasteiger partial charge in [-0.2, -0.15) is 0 Å². The van der Waals surface area contributed by atoms with Crippen LogP contribution < -0.4 is 10.6 Å². The van der Waals surface area contributed by atoms with Crippen molar-refractivity contribution in [3.63, 3.8) is 0 Å². The van der Waals surface area contributed by atoms with Gasteiger partial charge in [0, 0.05) is 19.2 Å². The summed E-state index contributed by atoms with van der Waals surface area (Å²) in [5, 5.41) is 6.44. The van der Waals surface area contributed by atoms with Crippen LogP contribution in [0.5, 0.6) is 0 Å². The minimum atomic E-state index is 0.144. The topological polar surface area (TPSA) is 50.4 Å². The molecule has 0 saturated carbocycles. The SMILES string of the molecule is CC1NCCCC1C(=O)NCCC1CCCCO1. The van der Waals surface area contributed by atoms with Gasteiger partial charge in [0.05, 0.1) is 12.0 Å². The highest BCUT2D eigenvalue weighted by atomic mass is 16.5. The zero-order valence-corrected chi connectivity index (χ0v) is 11.4. The van der Waals surface area contributed by atoms with Crippen LogP contribution in [0.4, 0.5) is 0 Å². The van der Waals surface area contributed by atoms with Crippen LogP contribution in [0.15, 0.2) is 0 Å². The molecule has 3 atom stereocenters. The minimum absolute atomic E-state index is 0.144. The van der Waals surface area contributed by atoms with Crippen molar-refractivity contribution in [2.75, 3.05) is 19.7 Å². The Kier molecular flexibility index (Phi) is 5.45. The largest absolute Gasteiger partial charge is 0.378 e. The van der Waals surface area contributed by atoms with Gasteiger partial charge in [-0.3, -0.25) is 4.79 Å². The molecule has 2 saturated heterocycles. The van der Waals surface area contributed by atoms with Crippen molar-refractivity contribution >= 4 is 5.91 Å². The molecule has 4 heteroatoms. The number of carbonyl (C=O) groups is 1. The van der Waals surface area contributed by atoms with E-state index < -0.39 is 0 Å². The maximum Gasteiger partial charge on any atom is 0.224 e. The zero-order valence-electron chi connectivity index (χ0n) is 11.4. The minimum Gasteiger partial charge on any atom is -0.378 e. The van der Waals surface area contributed by atoms with E-state index in [1.165, 1.54) is 12.8 Å². The van der Waals surface area contributed by atoms with Gasteiger partial charge in [0.1, 0.15) is 0 Å². The molecular formula is C14H26N2O2. The van der Waals surface area contributed by atoms with Crippen molar-refractivity contribution in [1.82, 2.24) is 10.6 Å². The Balaban J connectivity index is 1.64. The second-order valence-corrected chi connectivity index (χ2v) is 5.56. The molecule has 2 rings (SSSR count). The van der Waals surface area contributed by atoms with Gasteiger partial charge in [-0.1, -0.05) is 0 Å². The number of piperidine rings is 1. The molecule has 2 aliphatic heterocycles. The van der Waals surface area contributed by atoms with E-state index in [-0.39, 0.29) is 11.8 Å². The normalized spacial score (nSPS) is 33.1. The quantitative estimate of drug-likeness (QED) is 0.798. The fourth-order valence-electron chi connectivity index (χ4n) is 2.92. The van der Waals surface area contributed by atoms with Crippen LogP contribution in [0.25, 0.3) is 0 Å². The summed E-state index contributed by atoms with van der Waals surface area (Å²) >= 11 is 0. The summed E-state index contributed by atoms with van der Waals surface area (Å²) < 4.78 is 5.66. The number of amides is 1. The Bertz CT molecular complexity index is 265. The lowest BCUT2D eigenvalue weighted by molar-refractivity contribution is -0.126. The molecule has 0 aromatic carbocycles. The predicted octanol–water partition coefficient (Wildman–Crippen LogP) is 1.45. The second kappa shape index (κ2) is 7.10. The molecule has 2 fully saturated rings. The second-order valence-electron chi connectivity index (χ2n) is 5.56. The Morgan fingerprint density at radius 1 is 1.33 bits per heavy atom. The maximum atomic E-state index is 12.1. The standard InChI is InChI=1S/C14H26N2O2/c1-11-13(6-4-8-15-11)14(17)16-9-7-12-5-2-3-10-18-12/h11-13,15H,2-10H2,1H3,(H,16,17). The molecule has 18 heavy (non-hydrogen) atoms. The van der Waals surface area contributed by atoms with Crippen molar-refractivity contribution < 1.29 is 9.53 Å². The summed E-state index contributed by atoms with van der Waals surface area (Å²) in [6, 6.07) is 0.310. The average Bonchev–Trinajstić information content (AvgIpc) is 2.40. The molecule has 2 N–H and O–H groups in total. The molecule has 0 aliphatic carbocycles. The van der Waals surface area contributed by atoms with Crippen LogP contribution in [0.1, 0.15) is 45.4 Å². The first-order valence-corrected chi connectivity index (χ1v) is 7.40. The molecule has 2 heterocycles. The first-order valence-electron chi connectivity index (χ1n) is 7.40. The number of rotatable bonds is 4. The summed E-state index contributed by atoms with van der Waals surface area (Å²) in [5.74, 6) is 0.358. The third kappa shape index (κ3) is 3.95. The van der Waals surface area contributed by atoms with E-state index in [0.29, 0.717) is 12.1 Å². The first kappa shape index (κ1) is 13.8. The fourth-order valence-corrected chi connectivity index (χ4v) is 2.92. The molecule has 0 aromatic rings. The average molecular weight is 254 g/mol. The summed E-state index contributed by atoms with van der Waals surface area (Å²) in [6.45, 7) is 4.80. The summed E-state index contributed by atoms with van der Waals surface area (Å²) in [4.78, 5) is 12.1. The van der Waals surface area contributed by atoms with Crippen molar-refractivity contribution in [3.8, 4) is 0 Å². The number of hydrogen-bond acceptors (Lipinski definition) is 3. The van der Waals surface area contributed by atoms with Gasteiger partial charge in [-0.25, -0.2) is 0 Å². The van der Waals surface area contributed by atoms with Crippen molar-refractivity contribution in [2.45, 2.75) is 57.6 Å². The van der Waals surface area contributed by atoms with E-state index in [1.807, 2.05) is 0 Å². The van der Waals surface area contributed by atoms with Gasteiger partial charge >= 0.3 is 0 Å². The zero-order chi connectivity index (χ0) is 12.8. The van der Waals surface area contributed by atoms with E-state index in [0.717, 1.165) is 45.4 Å². The molecular weight excluding hydrogens is 228 g/mol. The number of nitrogens with one attached hydrogen (secondary N) is 2. The van der Waals surface area contributed by atoms with E-state index in [2.05, 4.69) is 17.6 Å². The van der Waals surface area contributed by atoms with Gasteiger partial charge in [-0.15, -0.1) is 0 Å². The molecule has 0 spiro atoms.